The van der Waals surface area contributed by atoms with Crippen molar-refractivity contribution in [2.24, 2.45) is 23.5 Å². The topological polar surface area (TPSA) is 95.7 Å². The number of likely N-dealkylation sites (N-methyl/N-ethyl adjacent to an activating group) is 3. The molecule has 28 heavy (non-hydrogen) atoms. The van der Waals surface area contributed by atoms with E-state index in [1.54, 1.807) is 21.1 Å². The lowest BCUT2D eigenvalue weighted by Gasteiger charge is -2.36. The Morgan fingerprint density at radius 2 is 1.14 bits per heavy atom. The summed E-state index contributed by atoms with van der Waals surface area (Å²) in [5, 5.41) is 3.07. The van der Waals surface area contributed by atoms with Crippen LogP contribution in [0.5, 0.6) is 0 Å². The van der Waals surface area contributed by atoms with Crippen molar-refractivity contribution in [2.45, 2.75) is 78.9 Å². The van der Waals surface area contributed by atoms with Gasteiger partial charge in [0.25, 0.3) is 0 Å². The maximum atomic E-state index is 13.3. The van der Waals surface area contributed by atoms with Gasteiger partial charge < -0.3 is 20.9 Å². The smallest absolute Gasteiger partial charge is 0.245 e. The number of primary amides is 1. The minimum absolute atomic E-state index is 0.108. The molecule has 0 aliphatic heterocycles. The van der Waals surface area contributed by atoms with Crippen molar-refractivity contribution in [1.82, 2.24) is 15.1 Å². The second-order valence-electron chi connectivity index (χ2n) is 9.06. The zero-order valence-electron chi connectivity index (χ0n) is 19.3. The van der Waals surface area contributed by atoms with Crippen LogP contribution in [0.25, 0.3) is 0 Å². The molecule has 7 nitrogen and oxygen atoms in total. The molecule has 3 atom stereocenters. The number of nitrogens with two attached hydrogens (primary N) is 1. The third-order valence-corrected chi connectivity index (χ3v) is 4.99. The number of nitrogens with zero attached hydrogens (tertiary/aromatic N) is 2. The summed E-state index contributed by atoms with van der Waals surface area (Å²) in [5.74, 6) is -0.0866. The second kappa shape index (κ2) is 12.0. The van der Waals surface area contributed by atoms with Crippen LogP contribution < -0.4 is 11.1 Å². The molecule has 0 aliphatic rings. The molecule has 0 saturated carbocycles. The van der Waals surface area contributed by atoms with Crippen molar-refractivity contribution >= 4 is 17.7 Å². The summed E-state index contributed by atoms with van der Waals surface area (Å²) >= 11 is 0. The number of hydrogen-bond acceptors (Lipinski definition) is 4. The molecule has 3 amide bonds. The lowest BCUT2D eigenvalue weighted by atomic mass is 9.97. The third kappa shape index (κ3) is 8.17. The molecule has 0 aromatic heterocycles. The molecule has 0 rings (SSSR count). The van der Waals surface area contributed by atoms with Crippen LogP contribution in [0, 0.1) is 17.8 Å². The quantitative estimate of drug-likeness (QED) is 0.524. The van der Waals surface area contributed by atoms with Gasteiger partial charge >= 0.3 is 0 Å². The summed E-state index contributed by atoms with van der Waals surface area (Å²) in [7, 11) is 5.04. The Bertz CT molecular complexity index is 520. The predicted octanol–water partition coefficient (Wildman–Crippen LogP) is 1.85. The second-order valence-corrected chi connectivity index (χ2v) is 9.06. The SMILES string of the molecule is CN[C@@H](CC(C)C)C(=O)N(C)[C@@H](CC(C)C)C(=O)N(C)[C@@H](CC(C)C)C(N)=O. The van der Waals surface area contributed by atoms with E-state index in [-0.39, 0.29) is 29.7 Å². The number of rotatable bonds is 12. The number of amides is 3. The van der Waals surface area contributed by atoms with E-state index in [1.807, 2.05) is 27.7 Å². The van der Waals surface area contributed by atoms with E-state index < -0.39 is 18.0 Å². The predicted molar refractivity (Wildman–Crippen MR) is 114 cm³/mol. The van der Waals surface area contributed by atoms with Crippen molar-refractivity contribution in [1.29, 1.82) is 0 Å². The molecule has 0 bridgehead atoms. The fraction of sp³-hybridized carbons (Fsp3) is 0.857. The van der Waals surface area contributed by atoms with Crippen molar-refractivity contribution in [3.05, 3.63) is 0 Å². The highest BCUT2D eigenvalue weighted by Gasteiger charge is 2.36. The monoisotopic (exact) mass is 398 g/mol. The van der Waals surface area contributed by atoms with Gasteiger partial charge in [0.2, 0.25) is 17.7 Å². The van der Waals surface area contributed by atoms with E-state index in [0.29, 0.717) is 25.2 Å². The zero-order valence-corrected chi connectivity index (χ0v) is 19.3. The van der Waals surface area contributed by atoms with E-state index in [1.165, 1.54) is 9.80 Å². The molecule has 0 aromatic carbocycles. The van der Waals surface area contributed by atoms with Crippen LogP contribution in [0.1, 0.15) is 60.8 Å². The average molecular weight is 399 g/mol. The highest BCUT2D eigenvalue weighted by Crippen LogP contribution is 2.19. The molecular weight excluding hydrogens is 356 g/mol. The summed E-state index contributed by atoms with van der Waals surface area (Å²) in [6.07, 6.45) is 1.71. The number of hydrogen-bond donors (Lipinski definition) is 2. The van der Waals surface area contributed by atoms with Crippen LogP contribution in [0.4, 0.5) is 0 Å². The van der Waals surface area contributed by atoms with Crippen molar-refractivity contribution < 1.29 is 14.4 Å². The molecule has 0 saturated heterocycles. The summed E-state index contributed by atoms with van der Waals surface area (Å²) in [5.41, 5.74) is 5.56. The molecule has 3 N–H and O–H groups in total. The lowest BCUT2D eigenvalue weighted by molar-refractivity contribution is -0.148. The van der Waals surface area contributed by atoms with Gasteiger partial charge in [-0.05, 0) is 44.1 Å². The molecule has 0 spiro atoms. The van der Waals surface area contributed by atoms with Crippen LogP contribution >= 0.6 is 0 Å². The van der Waals surface area contributed by atoms with Crippen LogP contribution in [0.15, 0.2) is 0 Å². The molecule has 0 aromatic rings. The Kier molecular flexibility index (Phi) is 11.3. The van der Waals surface area contributed by atoms with Crippen molar-refractivity contribution in [2.75, 3.05) is 21.1 Å². The van der Waals surface area contributed by atoms with E-state index in [4.69, 9.17) is 5.73 Å². The summed E-state index contributed by atoms with van der Waals surface area (Å²) < 4.78 is 0. The van der Waals surface area contributed by atoms with Gasteiger partial charge in [-0.2, -0.15) is 0 Å². The van der Waals surface area contributed by atoms with Gasteiger partial charge in [0.1, 0.15) is 12.1 Å². The van der Waals surface area contributed by atoms with Crippen LogP contribution in [-0.4, -0.2) is 66.8 Å². The largest absolute Gasteiger partial charge is 0.368 e. The summed E-state index contributed by atoms with van der Waals surface area (Å²) in [6, 6.07) is -1.66. The molecule has 0 aliphatic carbocycles. The number of carbonyl (C=O) groups is 3. The molecule has 7 heteroatoms. The molecule has 164 valence electrons. The zero-order chi connectivity index (χ0) is 22.2. The van der Waals surface area contributed by atoms with Gasteiger partial charge in [0, 0.05) is 14.1 Å². The summed E-state index contributed by atoms with van der Waals surface area (Å²) in [6.45, 7) is 12.1. The van der Waals surface area contributed by atoms with Gasteiger partial charge in [-0.15, -0.1) is 0 Å². The third-order valence-electron chi connectivity index (χ3n) is 4.99. The first-order valence-electron chi connectivity index (χ1n) is 10.3. The minimum Gasteiger partial charge on any atom is -0.368 e. The minimum atomic E-state index is -0.679. The van der Waals surface area contributed by atoms with Crippen molar-refractivity contribution in [3.8, 4) is 0 Å². The Morgan fingerprint density at radius 3 is 1.50 bits per heavy atom. The first-order chi connectivity index (χ1) is 12.8. The van der Waals surface area contributed by atoms with E-state index >= 15 is 0 Å². The van der Waals surface area contributed by atoms with E-state index in [0.717, 1.165) is 0 Å². The Labute approximate surface area is 171 Å². The molecule has 0 unspecified atom stereocenters. The Morgan fingerprint density at radius 1 is 0.750 bits per heavy atom. The fourth-order valence-corrected chi connectivity index (χ4v) is 3.38. The number of carbonyl (C=O) groups excluding carboxylic acids is 3. The van der Waals surface area contributed by atoms with Crippen LogP contribution in [0.3, 0.4) is 0 Å². The van der Waals surface area contributed by atoms with Gasteiger partial charge in [0.15, 0.2) is 0 Å². The van der Waals surface area contributed by atoms with Crippen molar-refractivity contribution in [3.63, 3.8) is 0 Å². The number of nitrogens with one attached hydrogen (secondary N) is 1. The maximum Gasteiger partial charge on any atom is 0.245 e. The lowest BCUT2D eigenvalue weighted by Crippen LogP contribution is -2.57. The van der Waals surface area contributed by atoms with E-state index in [2.05, 4.69) is 19.2 Å². The van der Waals surface area contributed by atoms with Gasteiger partial charge in [-0.25, -0.2) is 0 Å². The highest BCUT2D eigenvalue weighted by molar-refractivity contribution is 5.92. The van der Waals surface area contributed by atoms with E-state index in [9.17, 15) is 14.4 Å². The standard InChI is InChI=1S/C21H42N4O3/c1-13(2)10-16(23-7)20(27)25(9)18(12-15(5)6)21(28)24(8)17(19(22)26)11-14(3)4/h13-18,23H,10-12H2,1-9H3,(H2,22,26)/t16-,17-,18-/m0/s1. The van der Waals surface area contributed by atoms with Crippen LogP contribution in [0.2, 0.25) is 0 Å². The fourth-order valence-electron chi connectivity index (χ4n) is 3.38. The van der Waals surface area contributed by atoms with Gasteiger partial charge in [0.05, 0.1) is 6.04 Å². The molecular formula is C21H42N4O3. The molecule has 0 fully saturated rings. The van der Waals surface area contributed by atoms with Gasteiger partial charge in [-0.1, -0.05) is 41.5 Å². The first kappa shape index (κ1) is 26.4. The average Bonchev–Trinajstić information content (AvgIpc) is 2.59. The normalized spacial score (nSPS) is 14.9. The maximum absolute atomic E-state index is 13.3. The summed E-state index contributed by atoms with van der Waals surface area (Å²) in [4.78, 5) is 41.2. The highest BCUT2D eigenvalue weighted by atomic mass is 16.2. The molecule has 0 heterocycles. The van der Waals surface area contributed by atoms with Crippen LogP contribution in [-0.2, 0) is 14.4 Å². The Hall–Kier alpha value is -1.63. The molecule has 0 radical (unpaired) electrons. The Balaban J connectivity index is 5.66. The van der Waals surface area contributed by atoms with Gasteiger partial charge in [-0.3, -0.25) is 14.4 Å². The first-order valence-corrected chi connectivity index (χ1v) is 10.3.